The Morgan fingerprint density at radius 1 is 1.18 bits per heavy atom. The molecule has 0 fully saturated rings. The zero-order chi connectivity index (χ0) is 12.4. The zero-order valence-electron chi connectivity index (χ0n) is 8.41. The summed E-state index contributed by atoms with van der Waals surface area (Å²) in [6, 6.07) is 7.76. The molecule has 0 unspecified atom stereocenters. The lowest BCUT2D eigenvalue weighted by Crippen LogP contribution is -1.92. The van der Waals surface area contributed by atoms with E-state index >= 15 is 0 Å². The SMILES string of the molecule is O=C(O)c1ccc(Nc2cc(Cl)cc(Cl)c2)o1. The van der Waals surface area contributed by atoms with Gasteiger partial charge < -0.3 is 14.8 Å². The first kappa shape index (κ1) is 11.8. The summed E-state index contributed by atoms with van der Waals surface area (Å²) in [5.41, 5.74) is 0.619. The number of carbonyl (C=O) groups is 1. The smallest absolute Gasteiger partial charge is 0.371 e. The lowest BCUT2D eigenvalue weighted by Gasteiger charge is -2.03. The standard InChI is InChI=1S/C11H7Cl2NO3/c12-6-3-7(13)5-8(4-6)14-10-2-1-9(17-10)11(15)16/h1-5,14H,(H,15,16). The van der Waals surface area contributed by atoms with E-state index in [1.54, 1.807) is 18.2 Å². The number of hydrogen-bond donors (Lipinski definition) is 2. The summed E-state index contributed by atoms with van der Waals surface area (Å²) in [6.07, 6.45) is 0. The molecule has 2 rings (SSSR count). The highest BCUT2D eigenvalue weighted by molar-refractivity contribution is 6.35. The van der Waals surface area contributed by atoms with E-state index in [1.807, 2.05) is 0 Å². The van der Waals surface area contributed by atoms with Crippen LogP contribution in [-0.4, -0.2) is 11.1 Å². The number of nitrogens with one attached hydrogen (secondary N) is 1. The van der Waals surface area contributed by atoms with Crippen LogP contribution < -0.4 is 5.32 Å². The van der Waals surface area contributed by atoms with Crippen molar-refractivity contribution in [2.45, 2.75) is 0 Å². The van der Waals surface area contributed by atoms with Gasteiger partial charge in [-0.3, -0.25) is 0 Å². The van der Waals surface area contributed by atoms with Crippen molar-refractivity contribution in [1.82, 2.24) is 0 Å². The van der Waals surface area contributed by atoms with Crippen molar-refractivity contribution in [2.24, 2.45) is 0 Å². The average molecular weight is 272 g/mol. The maximum atomic E-state index is 10.6. The normalized spacial score (nSPS) is 10.2. The molecule has 0 atom stereocenters. The van der Waals surface area contributed by atoms with E-state index in [-0.39, 0.29) is 5.76 Å². The van der Waals surface area contributed by atoms with Gasteiger partial charge in [-0.05, 0) is 24.3 Å². The summed E-state index contributed by atoms with van der Waals surface area (Å²) in [4.78, 5) is 10.6. The quantitative estimate of drug-likeness (QED) is 0.885. The first-order valence-electron chi connectivity index (χ1n) is 4.61. The van der Waals surface area contributed by atoms with E-state index in [0.29, 0.717) is 21.6 Å². The Morgan fingerprint density at radius 2 is 1.82 bits per heavy atom. The molecule has 1 aromatic heterocycles. The summed E-state index contributed by atoms with van der Waals surface area (Å²) < 4.78 is 5.03. The van der Waals surface area contributed by atoms with Crippen molar-refractivity contribution in [2.75, 3.05) is 5.32 Å². The van der Waals surface area contributed by atoms with Crippen LogP contribution in [0.4, 0.5) is 11.6 Å². The highest BCUT2D eigenvalue weighted by Gasteiger charge is 2.09. The Hall–Kier alpha value is -1.65. The topological polar surface area (TPSA) is 62.5 Å². The first-order valence-corrected chi connectivity index (χ1v) is 5.36. The molecule has 0 bridgehead atoms. The molecule has 2 N–H and O–H groups in total. The molecule has 17 heavy (non-hydrogen) atoms. The number of carboxylic acid groups (broad SMARTS) is 1. The van der Waals surface area contributed by atoms with Crippen LogP contribution in [0, 0.1) is 0 Å². The van der Waals surface area contributed by atoms with Gasteiger partial charge in [0, 0.05) is 21.8 Å². The number of aromatic carboxylic acids is 1. The second kappa shape index (κ2) is 4.69. The van der Waals surface area contributed by atoms with Crippen LogP contribution in [0.15, 0.2) is 34.7 Å². The van der Waals surface area contributed by atoms with Crippen LogP contribution in [-0.2, 0) is 0 Å². The van der Waals surface area contributed by atoms with Crippen LogP contribution in [0.1, 0.15) is 10.6 Å². The molecule has 0 aliphatic carbocycles. The van der Waals surface area contributed by atoms with Crippen molar-refractivity contribution in [3.8, 4) is 0 Å². The Balaban J connectivity index is 2.22. The monoisotopic (exact) mass is 271 g/mol. The number of rotatable bonds is 3. The Kier molecular flexibility index (Phi) is 3.26. The average Bonchev–Trinajstić information content (AvgIpc) is 2.64. The Morgan fingerprint density at radius 3 is 2.35 bits per heavy atom. The molecule has 0 amide bonds. The Labute approximate surface area is 107 Å². The van der Waals surface area contributed by atoms with Gasteiger partial charge in [0.2, 0.25) is 5.76 Å². The fourth-order valence-corrected chi connectivity index (χ4v) is 1.81. The highest BCUT2D eigenvalue weighted by Crippen LogP contribution is 2.26. The van der Waals surface area contributed by atoms with Crippen LogP contribution >= 0.6 is 23.2 Å². The van der Waals surface area contributed by atoms with Gasteiger partial charge in [-0.25, -0.2) is 4.79 Å². The number of carboxylic acids is 1. The highest BCUT2D eigenvalue weighted by atomic mass is 35.5. The number of benzene rings is 1. The first-order chi connectivity index (χ1) is 8.04. The second-order valence-electron chi connectivity index (χ2n) is 3.25. The van der Waals surface area contributed by atoms with Gasteiger partial charge in [-0.1, -0.05) is 23.2 Å². The molecule has 0 spiro atoms. The molecular formula is C11H7Cl2NO3. The lowest BCUT2D eigenvalue weighted by molar-refractivity contribution is 0.0663. The van der Waals surface area contributed by atoms with Crippen molar-refractivity contribution in [1.29, 1.82) is 0 Å². The van der Waals surface area contributed by atoms with E-state index < -0.39 is 5.97 Å². The number of hydrogen-bond acceptors (Lipinski definition) is 3. The van der Waals surface area contributed by atoms with Crippen molar-refractivity contribution in [3.05, 3.63) is 46.1 Å². The van der Waals surface area contributed by atoms with Crippen molar-refractivity contribution in [3.63, 3.8) is 0 Å². The molecule has 1 heterocycles. The summed E-state index contributed by atoms with van der Waals surface area (Å²) in [5, 5.41) is 12.5. The predicted molar refractivity (Wildman–Crippen MR) is 65.4 cm³/mol. The molecule has 2 aromatic rings. The summed E-state index contributed by atoms with van der Waals surface area (Å²) in [6.45, 7) is 0. The van der Waals surface area contributed by atoms with Gasteiger partial charge in [0.25, 0.3) is 0 Å². The van der Waals surface area contributed by atoms with Crippen molar-refractivity contribution < 1.29 is 14.3 Å². The van der Waals surface area contributed by atoms with E-state index in [0.717, 1.165) is 0 Å². The number of furan rings is 1. The van der Waals surface area contributed by atoms with Gasteiger partial charge in [-0.2, -0.15) is 0 Å². The molecular weight excluding hydrogens is 265 g/mol. The maximum Gasteiger partial charge on any atom is 0.371 e. The van der Waals surface area contributed by atoms with E-state index in [9.17, 15) is 4.79 Å². The molecule has 0 radical (unpaired) electrons. The van der Waals surface area contributed by atoms with Crippen LogP contribution in [0.5, 0.6) is 0 Å². The van der Waals surface area contributed by atoms with Crippen LogP contribution in [0.2, 0.25) is 10.0 Å². The van der Waals surface area contributed by atoms with Gasteiger partial charge in [-0.15, -0.1) is 0 Å². The van der Waals surface area contributed by atoms with Gasteiger partial charge >= 0.3 is 5.97 Å². The van der Waals surface area contributed by atoms with E-state index in [1.165, 1.54) is 12.1 Å². The lowest BCUT2D eigenvalue weighted by atomic mass is 10.3. The summed E-state index contributed by atoms with van der Waals surface area (Å²) in [7, 11) is 0. The third-order valence-corrected chi connectivity index (χ3v) is 2.38. The largest absolute Gasteiger partial charge is 0.475 e. The third-order valence-electron chi connectivity index (χ3n) is 1.95. The molecule has 4 nitrogen and oxygen atoms in total. The molecule has 6 heteroatoms. The van der Waals surface area contributed by atoms with Gasteiger partial charge in [0.15, 0.2) is 5.88 Å². The molecule has 0 aliphatic rings. The molecule has 1 aromatic carbocycles. The molecule has 0 aliphatic heterocycles. The van der Waals surface area contributed by atoms with E-state index in [2.05, 4.69) is 5.32 Å². The molecule has 0 saturated heterocycles. The fourth-order valence-electron chi connectivity index (χ4n) is 1.29. The summed E-state index contributed by atoms with van der Waals surface area (Å²) >= 11 is 11.6. The van der Waals surface area contributed by atoms with Crippen LogP contribution in [0.25, 0.3) is 0 Å². The van der Waals surface area contributed by atoms with Gasteiger partial charge in [0.1, 0.15) is 0 Å². The third kappa shape index (κ3) is 2.93. The fraction of sp³-hybridized carbons (Fsp3) is 0. The minimum absolute atomic E-state index is 0.138. The van der Waals surface area contributed by atoms with Crippen molar-refractivity contribution >= 4 is 40.7 Å². The minimum Gasteiger partial charge on any atom is -0.475 e. The van der Waals surface area contributed by atoms with Gasteiger partial charge in [0.05, 0.1) is 0 Å². The maximum absolute atomic E-state index is 10.6. The van der Waals surface area contributed by atoms with E-state index in [4.69, 9.17) is 32.7 Å². The predicted octanol–water partition coefficient (Wildman–Crippen LogP) is 4.03. The zero-order valence-corrected chi connectivity index (χ0v) is 9.92. The number of halogens is 2. The minimum atomic E-state index is -1.12. The molecule has 88 valence electrons. The Bertz CT molecular complexity index is 545. The number of anilines is 2. The van der Waals surface area contributed by atoms with Crippen LogP contribution in [0.3, 0.4) is 0 Å². The second-order valence-corrected chi connectivity index (χ2v) is 4.13. The summed E-state index contributed by atoms with van der Waals surface area (Å²) in [5.74, 6) is -0.955. The molecule has 0 saturated carbocycles.